The minimum Gasteiger partial charge on any atom is -0.422 e. The van der Waals surface area contributed by atoms with Crippen LogP contribution in [0.5, 0.6) is 5.75 Å². The number of rotatable bonds is 5. The van der Waals surface area contributed by atoms with Crippen molar-refractivity contribution in [1.82, 2.24) is 4.98 Å². The van der Waals surface area contributed by atoms with Crippen LogP contribution in [-0.2, 0) is 0 Å². The molecule has 0 radical (unpaired) electrons. The van der Waals surface area contributed by atoms with E-state index in [1.807, 2.05) is 29.0 Å². The maximum atomic E-state index is 12.3. The number of nitrogens with one attached hydrogen (secondary N) is 1. The van der Waals surface area contributed by atoms with Crippen molar-refractivity contribution in [3.63, 3.8) is 0 Å². The Bertz CT molecular complexity index is 1050. The van der Waals surface area contributed by atoms with Crippen LogP contribution in [-0.4, -0.2) is 16.9 Å². The molecular formula is C19H12N2O3S3. The lowest BCUT2D eigenvalue weighted by atomic mass is 10.3. The number of thiophene rings is 2. The van der Waals surface area contributed by atoms with Crippen molar-refractivity contribution in [1.29, 1.82) is 0 Å². The number of carbonyl (C=O) groups excluding carboxylic acids is 2. The summed E-state index contributed by atoms with van der Waals surface area (Å²) in [5, 5.41) is 9.09. The summed E-state index contributed by atoms with van der Waals surface area (Å²) in [6.45, 7) is 0. The Morgan fingerprint density at radius 1 is 0.926 bits per heavy atom. The smallest absolute Gasteiger partial charge is 0.363 e. The molecule has 0 saturated heterocycles. The lowest BCUT2D eigenvalue weighted by Gasteiger charge is -2.06. The van der Waals surface area contributed by atoms with Gasteiger partial charge in [0.1, 0.15) is 10.8 Å². The van der Waals surface area contributed by atoms with Crippen molar-refractivity contribution in [2.24, 2.45) is 0 Å². The topological polar surface area (TPSA) is 68.3 Å². The summed E-state index contributed by atoms with van der Waals surface area (Å²) in [7, 11) is 0. The van der Waals surface area contributed by atoms with Gasteiger partial charge in [0, 0.05) is 11.1 Å². The van der Waals surface area contributed by atoms with Crippen molar-refractivity contribution in [3.05, 3.63) is 75.2 Å². The van der Waals surface area contributed by atoms with E-state index in [9.17, 15) is 9.59 Å². The van der Waals surface area contributed by atoms with Gasteiger partial charge in [-0.2, -0.15) is 0 Å². The van der Waals surface area contributed by atoms with Crippen LogP contribution in [0.2, 0.25) is 0 Å². The summed E-state index contributed by atoms with van der Waals surface area (Å²) in [4.78, 5) is 30.3. The number of nitrogens with zero attached hydrogens (tertiary/aromatic N) is 1. The molecule has 1 N–H and O–H groups in total. The minimum atomic E-state index is -0.510. The van der Waals surface area contributed by atoms with Crippen molar-refractivity contribution in [2.75, 3.05) is 5.32 Å². The summed E-state index contributed by atoms with van der Waals surface area (Å²) in [6.07, 6.45) is 0. The number of benzene rings is 1. The number of thiazole rings is 1. The van der Waals surface area contributed by atoms with Gasteiger partial charge in [0.15, 0.2) is 5.69 Å². The van der Waals surface area contributed by atoms with Crippen LogP contribution < -0.4 is 10.1 Å². The zero-order valence-corrected chi connectivity index (χ0v) is 16.2. The third-order valence-corrected chi connectivity index (χ3v) is 6.26. The van der Waals surface area contributed by atoms with Crippen LogP contribution in [0.4, 0.5) is 5.69 Å². The number of carbonyl (C=O) groups is 2. The van der Waals surface area contributed by atoms with E-state index >= 15 is 0 Å². The summed E-state index contributed by atoms with van der Waals surface area (Å²) in [5.41, 5.74) is 0.903. The number of hydrogen-bond donors (Lipinski definition) is 1. The highest BCUT2D eigenvalue weighted by Gasteiger charge is 2.15. The van der Waals surface area contributed by atoms with Crippen molar-refractivity contribution >= 4 is 51.6 Å². The van der Waals surface area contributed by atoms with Gasteiger partial charge in [0.2, 0.25) is 0 Å². The quantitative estimate of drug-likeness (QED) is 0.352. The second-order valence-electron chi connectivity index (χ2n) is 5.36. The number of ether oxygens (including phenoxy) is 1. The number of hydrogen-bond acceptors (Lipinski definition) is 7. The molecule has 0 bridgehead atoms. The van der Waals surface area contributed by atoms with E-state index in [1.54, 1.807) is 47.0 Å². The number of esters is 1. The van der Waals surface area contributed by atoms with Gasteiger partial charge in [-0.3, -0.25) is 4.79 Å². The predicted molar refractivity (Wildman–Crippen MR) is 109 cm³/mol. The summed E-state index contributed by atoms with van der Waals surface area (Å²) < 4.78 is 5.36. The monoisotopic (exact) mass is 412 g/mol. The average Bonchev–Trinajstić information content (AvgIpc) is 3.43. The average molecular weight is 413 g/mol. The molecule has 4 rings (SSSR count). The molecule has 134 valence electrons. The first-order valence-corrected chi connectivity index (χ1v) is 10.5. The number of amides is 1. The van der Waals surface area contributed by atoms with E-state index in [4.69, 9.17) is 4.74 Å². The summed E-state index contributed by atoms with van der Waals surface area (Å²) in [6, 6.07) is 14.1. The summed E-state index contributed by atoms with van der Waals surface area (Å²) >= 11 is 4.35. The first-order chi connectivity index (χ1) is 13.2. The fraction of sp³-hybridized carbons (Fsp3) is 0. The SMILES string of the molecule is O=C(Oc1ccc(NC(=O)c2cccs2)cc1)c1csc(-c2cccs2)n1. The molecule has 3 heterocycles. The van der Waals surface area contributed by atoms with E-state index < -0.39 is 5.97 Å². The highest BCUT2D eigenvalue weighted by molar-refractivity contribution is 7.20. The third-order valence-electron chi connectivity index (χ3n) is 3.51. The fourth-order valence-electron chi connectivity index (χ4n) is 2.25. The standard InChI is InChI=1S/C19H12N2O3S3/c22-17(15-3-1-9-25-15)20-12-5-7-13(8-6-12)24-19(23)14-11-27-18(21-14)16-4-2-10-26-16/h1-11H,(H,20,22). The van der Waals surface area contributed by atoms with Crippen LogP contribution in [0.1, 0.15) is 20.2 Å². The predicted octanol–water partition coefficient (Wildman–Crippen LogP) is 5.40. The molecule has 0 atom stereocenters. The lowest BCUT2D eigenvalue weighted by Crippen LogP contribution is -2.11. The molecule has 5 nitrogen and oxygen atoms in total. The van der Waals surface area contributed by atoms with E-state index in [-0.39, 0.29) is 11.6 Å². The Kier molecular flexibility index (Phi) is 5.10. The second kappa shape index (κ2) is 7.83. The highest BCUT2D eigenvalue weighted by atomic mass is 32.1. The zero-order chi connectivity index (χ0) is 18.6. The first-order valence-electron chi connectivity index (χ1n) is 7.85. The molecule has 0 fully saturated rings. The largest absolute Gasteiger partial charge is 0.422 e. The van der Waals surface area contributed by atoms with E-state index in [0.29, 0.717) is 16.3 Å². The molecule has 0 spiro atoms. The molecule has 3 aromatic heterocycles. The van der Waals surface area contributed by atoms with Crippen LogP contribution in [0.15, 0.2) is 64.7 Å². The normalized spacial score (nSPS) is 10.5. The van der Waals surface area contributed by atoms with Gasteiger partial charge in [-0.1, -0.05) is 12.1 Å². The molecule has 1 aromatic carbocycles. The van der Waals surface area contributed by atoms with E-state index in [1.165, 1.54) is 22.7 Å². The Labute approximate surface area is 166 Å². The first kappa shape index (κ1) is 17.6. The maximum Gasteiger partial charge on any atom is 0.363 e. The van der Waals surface area contributed by atoms with Gasteiger partial charge in [-0.05, 0) is 47.2 Å². The molecule has 0 saturated carbocycles. The Hall–Kier alpha value is -2.81. The zero-order valence-electron chi connectivity index (χ0n) is 13.7. The molecule has 0 aliphatic carbocycles. The maximum absolute atomic E-state index is 12.3. The molecule has 1 amide bonds. The second-order valence-corrected chi connectivity index (χ2v) is 8.11. The molecule has 0 aliphatic rings. The Morgan fingerprint density at radius 2 is 1.70 bits per heavy atom. The molecule has 0 aliphatic heterocycles. The minimum absolute atomic E-state index is 0.168. The molecule has 27 heavy (non-hydrogen) atoms. The number of aromatic nitrogens is 1. The molecule has 8 heteroatoms. The number of anilines is 1. The van der Waals surface area contributed by atoms with Crippen LogP contribution in [0, 0.1) is 0 Å². The third kappa shape index (κ3) is 4.13. The summed E-state index contributed by atoms with van der Waals surface area (Å²) in [5.74, 6) is -0.289. The van der Waals surface area contributed by atoms with E-state index in [2.05, 4.69) is 10.3 Å². The lowest BCUT2D eigenvalue weighted by molar-refractivity contribution is 0.0729. The molecule has 0 unspecified atom stereocenters. The van der Waals surface area contributed by atoms with Gasteiger partial charge in [0.05, 0.1) is 9.75 Å². The Balaban J connectivity index is 1.39. The van der Waals surface area contributed by atoms with Gasteiger partial charge in [-0.15, -0.1) is 34.0 Å². The molecular weight excluding hydrogens is 400 g/mol. The van der Waals surface area contributed by atoms with Gasteiger partial charge in [-0.25, -0.2) is 9.78 Å². The van der Waals surface area contributed by atoms with Gasteiger partial charge >= 0.3 is 5.97 Å². The van der Waals surface area contributed by atoms with E-state index in [0.717, 1.165) is 9.88 Å². The van der Waals surface area contributed by atoms with Crippen molar-refractivity contribution < 1.29 is 14.3 Å². The van der Waals surface area contributed by atoms with Crippen LogP contribution >= 0.6 is 34.0 Å². The van der Waals surface area contributed by atoms with Crippen molar-refractivity contribution in [3.8, 4) is 15.6 Å². The highest BCUT2D eigenvalue weighted by Crippen LogP contribution is 2.28. The Morgan fingerprint density at radius 3 is 2.41 bits per heavy atom. The van der Waals surface area contributed by atoms with Gasteiger partial charge < -0.3 is 10.1 Å². The van der Waals surface area contributed by atoms with Crippen LogP contribution in [0.3, 0.4) is 0 Å². The molecule has 4 aromatic rings. The van der Waals surface area contributed by atoms with Crippen molar-refractivity contribution in [2.45, 2.75) is 0 Å². The van der Waals surface area contributed by atoms with Crippen LogP contribution in [0.25, 0.3) is 9.88 Å². The fourth-order valence-corrected chi connectivity index (χ4v) is 4.47. The van der Waals surface area contributed by atoms with Gasteiger partial charge in [0.25, 0.3) is 5.91 Å².